The van der Waals surface area contributed by atoms with Gasteiger partial charge in [0.25, 0.3) is 0 Å². The maximum atomic E-state index is 12.2. The Hall–Kier alpha value is -2.36. The maximum Gasteiger partial charge on any atom is 0.415 e. The quantitative estimate of drug-likeness (QED) is 0.324. The average Bonchev–Trinajstić information content (AvgIpc) is 3.22. The molecule has 3 rings (SSSR count). The lowest BCUT2D eigenvalue weighted by molar-refractivity contribution is -0.389. The molecule has 0 spiro atoms. The van der Waals surface area contributed by atoms with Gasteiger partial charge in [-0.15, -0.1) is 0 Å². The van der Waals surface area contributed by atoms with Crippen molar-refractivity contribution in [2.75, 3.05) is 39.3 Å². The fourth-order valence-corrected chi connectivity index (χ4v) is 4.06. The number of rotatable bonds is 10. The van der Waals surface area contributed by atoms with Crippen molar-refractivity contribution in [3.05, 3.63) is 16.3 Å². The molecule has 2 aliphatic rings. The van der Waals surface area contributed by atoms with E-state index < -0.39 is 10.5 Å². The minimum Gasteiger partial charge on any atom is -0.449 e. The second kappa shape index (κ2) is 10.1. The molecule has 1 saturated heterocycles. The molecule has 1 unspecified atom stereocenters. The van der Waals surface area contributed by atoms with Crippen molar-refractivity contribution in [3.8, 4) is 6.01 Å². The number of carbonyl (C=O) groups excluding carboxylic acids is 1. The molecule has 0 radical (unpaired) electrons. The van der Waals surface area contributed by atoms with Crippen LogP contribution in [0.25, 0.3) is 0 Å². The van der Waals surface area contributed by atoms with Gasteiger partial charge in [0.05, 0.1) is 13.2 Å². The van der Waals surface area contributed by atoms with Gasteiger partial charge < -0.3 is 24.5 Å². The molecule has 0 N–H and O–H groups in total. The molecule has 10 nitrogen and oxygen atoms in total. The molecule has 0 bridgehead atoms. The van der Waals surface area contributed by atoms with Crippen LogP contribution in [0.4, 0.5) is 10.6 Å². The van der Waals surface area contributed by atoms with Crippen molar-refractivity contribution in [1.82, 2.24) is 19.4 Å². The van der Waals surface area contributed by atoms with E-state index in [1.165, 1.54) is 31.9 Å². The first-order valence-electron chi connectivity index (χ1n) is 10.9. The first kappa shape index (κ1) is 22.3. The Labute approximate surface area is 177 Å². The first-order valence-corrected chi connectivity index (χ1v) is 10.9. The Morgan fingerprint density at radius 2 is 1.93 bits per heavy atom. The van der Waals surface area contributed by atoms with Gasteiger partial charge in [-0.3, -0.25) is 9.47 Å². The summed E-state index contributed by atoms with van der Waals surface area (Å²) in [4.78, 5) is 30.5. The normalized spacial score (nSPS) is 21.3. The van der Waals surface area contributed by atoms with Crippen LogP contribution in [0.15, 0.2) is 6.20 Å². The number of amides is 1. The van der Waals surface area contributed by atoms with Gasteiger partial charge in [0, 0.05) is 37.7 Å². The number of imidazole rings is 1. The number of unbranched alkanes of at least 4 members (excludes halogenated alkanes) is 5. The van der Waals surface area contributed by atoms with Crippen LogP contribution in [0.3, 0.4) is 0 Å². The number of piperazine rings is 1. The van der Waals surface area contributed by atoms with Gasteiger partial charge in [0.2, 0.25) is 0 Å². The van der Waals surface area contributed by atoms with Crippen LogP contribution in [-0.2, 0) is 11.3 Å². The summed E-state index contributed by atoms with van der Waals surface area (Å²) in [7, 11) is 0. The van der Waals surface area contributed by atoms with Gasteiger partial charge in [-0.1, -0.05) is 39.0 Å². The summed E-state index contributed by atoms with van der Waals surface area (Å²) in [6.07, 6.45) is 8.21. The van der Waals surface area contributed by atoms with Crippen molar-refractivity contribution < 1.29 is 19.2 Å². The standard InChI is InChI=1S/C20H33N5O5/c1-3-4-5-6-7-8-13-29-19(26)23-11-9-22(10-12-23)15-20(2)16-24-14-17(25(27)28)21-18(24)30-20/h14H,3-13,15-16H2,1-2H3. The Kier molecular flexibility index (Phi) is 7.52. The summed E-state index contributed by atoms with van der Waals surface area (Å²) in [6.45, 7) is 8.60. The van der Waals surface area contributed by atoms with Crippen LogP contribution in [0.5, 0.6) is 6.01 Å². The molecule has 0 aliphatic carbocycles. The SMILES string of the molecule is CCCCCCCCOC(=O)N1CCN(CC2(C)Cn3cc([N+](=O)[O-])nc3O2)CC1. The first-order chi connectivity index (χ1) is 14.4. The predicted molar refractivity (Wildman–Crippen MR) is 111 cm³/mol. The summed E-state index contributed by atoms with van der Waals surface area (Å²) in [5.41, 5.74) is -0.488. The molecular formula is C20H33N5O5. The van der Waals surface area contributed by atoms with E-state index in [2.05, 4.69) is 16.8 Å². The van der Waals surface area contributed by atoms with Crippen molar-refractivity contribution >= 4 is 11.9 Å². The zero-order chi connectivity index (χ0) is 21.6. The summed E-state index contributed by atoms with van der Waals surface area (Å²) < 4.78 is 13.0. The smallest absolute Gasteiger partial charge is 0.415 e. The monoisotopic (exact) mass is 423 g/mol. The molecule has 1 aromatic rings. The average molecular weight is 424 g/mol. The fourth-order valence-electron chi connectivity index (χ4n) is 4.06. The molecule has 0 saturated carbocycles. The molecule has 3 heterocycles. The van der Waals surface area contributed by atoms with Crippen LogP contribution < -0.4 is 4.74 Å². The number of aromatic nitrogens is 2. The summed E-state index contributed by atoms with van der Waals surface area (Å²) in [5, 5.41) is 10.8. The van der Waals surface area contributed by atoms with Gasteiger partial charge in [0.1, 0.15) is 11.8 Å². The second-order valence-corrected chi connectivity index (χ2v) is 8.46. The number of ether oxygens (including phenoxy) is 2. The van der Waals surface area contributed by atoms with Crippen LogP contribution >= 0.6 is 0 Å². The highest BCUT2D eigenvalue weighted by atomic mass is 16.6. The van der Waals surface area contributed by atoms with Gasteiger partial charge in [-0.2, -0.15) is 0 Å². The van der Waals surface area contributed by atoms with E-state index in [-0.39, 0.29) is 11.9 Å². The van der Waals surface area contributed by atoms with E-state index >= 15 is 0 Å². The van der Waals surface area contributed by atoms with Crippen molar-refractivity contribution in [3.63, 3.8) is 0 Å². The topological polar surface area (TPSA) is 103 Å². The molecule has 1 atom stereocenters. The van der Waals surface area contributed by atoms with Crippen LogP contribution in [-0.4, -0.2) is 75.3 Å². The lowest BCUT2D eigenvalue weighted by Crippen LogP contribution is -2.54. The highest BCUT2D eigenvalue weighted by molar-refractivity contribution is 5.67. The second-order valence-electron chi connectivity index (χ2n) is 8.46. The molecule has 2 aliphatic heterocycles. The molecule has 1 amide bonds. The van der Waals surface area contributed by atoms with E-state index in [1.54, 1.807) is 9.47 Å². The highest BCUT2D eigenvalue weighted by Gasteiger charge is 2.42. The van der Waals surface area contributed by atoms with Gasteiger partial charge >= 0.3 is 17.9 Å². The van der Waals surface area contributed by atoms with E-state index in [1.807, 2.05) is 6.92 Å². The predicted octanol–water partition coefficient (Wildman–Crippen LogP) is 3.06. The number of fused-ring (bicyclic) bond motifs is 1. The number of nitro groups is 1. The summed E-state index contributed by atoms with van der Waals surface area (Å²) >= 11 is 0. The van der Waals surface area contributed by atoms with E-state index in [0.29, 0.717) is 38.8 Å². The highest BCUT2D eigenvalue weighted by Crippen LogP contribution is 2.31. The lowest BCUT2D eigenvalue weighted by atomic mass is 10.1. The third kappa shape index (κ3) is 5.84. The van der Waals surface area contributed by atoms with Crippen LogP contribution in [0.2, 0.25) is 0 Å². The Balaban J connectivity index is 1.34. The third-order valence-electron chi connectivity index (χ3n) is 5.67. The summed E-state index contributed by atoms with van der Waals surface area (Å²) in [5.74, 6) is -0.194. The summed E-state index contributed by atoms with van der Waals surface area (Å²) in [6, 6.07) is 0.293. The minimum absolute atomic E-state index is 0.194. The van der Waals surface area contributed by atoms with Gasteiger partial charge in [0.15, 0.2) is 0 Å². The Bertz CT molecular complexity index is 706. The molecule has 10 heteroatoms. The molecule has 1 aromatic heterocycles. The molecule has 168 valence electrons. The molecular weight excluding hydrogens is 390 g/mol. The Morgan fingerprint density at radius 3 is 2.60 bits per heavy atom. The van der Waals surface area contributed by atoms with E-state index in [4.69, 9.17) is 9.47 Å². The van der Waals surface area contributed by atoms with Crippen molar-refractivity contribution in [1.29, 1.82) is 0 Å². The lowest BCUT2D eigenvalue weighted by Gasteiger charge is -2.37. The minimum atomic E-state index is -0.517. The molecule has 30 heavy (non-hydrogen) atoms. The van der Waals surface area contributed by atoms with E-state index in [9.17, 15) is 14.9 Å². The maximum absolute atomic E-state index is 12.2. The van der Waals surface area contributed by atoms with Crippen molar-refractivity contribution in [2.24, 2.45) is 0 Å². The van der Waals surface area contributed by atoms with Crippen molar-refractivity contribution in [2.45, 2.75) is 64.5 Å². The third-order valence-corrected chi connectivity index (χ3v) is 5.67. The molecule has 1 fully saturated rings. The number of carbonyl (C=O) groups is 1. The van der Waals surface area contributed by atoms with Gasteiger partial charge in [-0.05, 0) is 18.3 Å². The Morgan fingerprint density at radius 1 is 1.23 bits per heavy atom. The zero-order valence-electron chi connectivity index (χ0n) is 18.0. The molecule has 0 aromatic carbocycles. The fraction of sp³-hybridized carbons (Fsp3) is 0.800. The van der Waals surface area contributed by atoms with E-state index in [0.717, 1.165) is 25.9 Å². The van der Waals surface area contributed by atoms with Crippen LogP contribution in [0.1, 0.15) is 52.4 Å². The number of hydrogen-bond acceptors (Lipinski definition) is 7. The zero-order valence-corrected chi connectivity index (χ0v) is 18.0. The van der Waals surface area contributed by atoms with Crippen LogP contribution in [0, 0.1) is 10.1 Å². The number of hydrogen-bond donors (Lipinski definition) is 0. The number of nitrogens with zero attached hydrogens (tertiary/aromatic N) is 5. The van der Waals surface area contributed by atoms with Gasteiger partial charge in [-0.25, -0.2) is 4.79 Å². The largest absolute Gasteiger partial charge is 0.449 e.